The minimum Gasteiger partial charge on any atom is -0.309 e. The molecule has 4 nitrogen and oxygen atoms in total. The summed E-state index contributed by atoms with van der Waals surface area (Å²) >= 11 is 0. The molecule has 1 aliphatic rings. The smallest absolute Gasteiger partial charge is 0.309 e. The Morgan fingerprint density at radius 2 is 1.76 bits per heavy atom. The Labute approximate surface area is 121 Å². The Morgan fingerprint density at radius 1 is 1.05 bits per heavy atom. The van der Waals surface area contributed by atoms with E-state index in [1.54, 1.807) is 18.3 Å². The summed E-state index contributed by atoms with van der Waals surface area (Å²) in [6, 6.07) is 5.93. The summed E-state index contributed by atoms with van der Waals surface area (Å²) in [7, 11) is 0. The van der Waals surface area contributed by atoms with Gasteiger partial charge in [0.2, 0.25) is 0 Å². The minimum atomic E-state index is -0.708. The van der Waals surface area contributed by atoms with Gasteiger partial charge in [0.1, 0.15) is 5.82 Å². The molecule has 0 saturated heterocycles. The number of aromatic nitrogens is 2. The Bertz CT molecular complexity index is 757. The van der Waals surface area contributed by atoms with Crippen molar-refractivity contribution in [1.29, 1.82) is 0 Å². The molecule has 1 fully saturated rings. The first-order chi connectivity index (χ1) is 10.2. The third-order valence-electron chi connectivity index (χ3n) is 4.10. The number of nitrogens with zero attached hydrogens (tertiary/aromatic N) is 2. The summed E-state index contributed by atoms with van der Waals surface area (Å²) in [5.74, 6) is -0.0565. The van der Waals surface area contributed by atoms with Crippen LogP contribution in [0.5, 0.6) is 0 Å². The number of rotatable bonds is 3. The topological polar surface area (TPSA) is 44.0 Å². The minimum absolute atomic E-state index is 0.104. The zero-order valence-corrected chi connectivity index (χ0v) is 11.7. The van der Waals surface area contributed by atoms with Crippen LogP contribution < -0.4 is 11.1 Å². The van der Waals surface area contributed by atoms with E-state index in [-0.39, 0.29) is 5.69 Å². The molecule has 21 heavy (non-hydrogen) atoms. The number of halogens is 1. The van der Waals surface area contributed by atoms with E-state index in [0.29, 0.717) is 12.5 Å². The third kappa shape index (κ3) is 2.68. The number of benzene rings is 1. The summed E-state index contributed by atoms with van der Waals surface area (Å²) < 4.78 is 16.3. The second-order valence-electron chi connectivity index (χ2n) is 5.53. The predicted molar refractivity (Wildman–Crippen MR) is 78.2 cm³/mol. The maximum Gasteiger partial charge on any atom is 0.321 e. The molecule has 3 rings (SSSR count). The molecule has 0 unspecified atom stereocenters. The number of para-hydroxylation sites is 1. The van der Waals surface area contributed by atoms with E-state index < -0.39 is 16.9 Å². The van der Waals surface area contributed by atoms with Gasteiger partial charge in [-0.3, -0.25) is 14.2 Å². The highest BCUT2D eigenvalue weighted by molar-refractivity contribution is 5.33. The van der Waals surface area contributed by atoms with Gasteiger partial charge in [-0.1, -0.05) is 25.0 Å². The SMILES string of the molecule is O=c1c(=O)n(-c2ccccc2F)ccn1CC1CCCC1. The van der Waals surface area contributed by atoms with Gasteiger partial charge in [0, 0.05) is 18.9 Å². The van der Waals surface area contributed by atoms with Crippen LogP contribution in [0.25, 0.3) is 5.69 Å². The molecule has 0 radical (unpaired) electrons. The normalized spacial score (nSPS) is 15.5. The van der Waals surface area contributed by atoms with Crippen molar-refractivity contribution < 1.29 is 4.39 Å². The van der Waals surface area contributed by atoms with Gasteiger partial charge in [0.25, 0.3) is 0 Å². The van der Waals surface area contributed by atoms with Crippen LogP contribution in [-0.2, 0) is 6.54 Å². The zero-order chi connectivity index (χ0) is 14.8. The van der Waals surface area contributed by atoms with Crippen LogP contribution in [0.1, 0.15) is 25.7 Å². The van der Waals surface area contributed by atoms with Gasteiger partial charge in [-0.05, 0) is 30.9 Å². The fourth-order valence-corrected chi connectivity index (χ4v) is 2.96. The molecule has 1 saturated carbocycles. The van der Waals surface area contributed by atoms with Crippen LogP contribution in [0.3, 0.4) is 0 Å². The van der Waals surface area contributed by atoms with E-state index in [4.69, 9.17) is 0 Å². The summed E-state index contributed by atoms with van der Waals surface area (Å²) in [5, 5.41) is 0. The van der Waals surface area contributed by atoms with Gasteiger partial charge in [0.05, 0.1) is 5.69 Å². The van der Waals surface area contributed by atoms with E-state index in [0.717, 1.165) is 17.4 Å². The largest absolute Gasteiger partial charge is 0.321 e. The maximum absolute atomic E-state index is 13.7. The van der Waals surface area contributed by atoms with Crippen molar-refractivity contribution in [3.8, 4) is 5.69 Å². The van der Waals surface area contributed by atoms with E-state index in [2.05, 4.69) is 0 Å². The van der Waals surface area contributed by atoms with Crippen molar-refractivity contribution in [2.24, 2.45) is 5.92 Å². The molecule has 2 aromatic rings. The first kappa shape index (κ1) is 13.8. The van der Waals surface area contributed by atoms with E-state index in [1.807, 2.05) is 0 Å². The Kier molecular flexibility index (Phi) is 3.73. The Hall–Kier alpha value is -2.17. The predicted octanol–water partition coefficient (Wildman–Crippen LogP) is 2.33. The third-order valence-corrected chi connectivity index (χ3v) is 4.10. The van der Waals surface area contributed by atoms with E-state index >= 15 is 0 Å². The fourth-order valence-electron chi connectivity index (χ4n) is 2.96. The average molecular weight is 288 g/mol. The second-order valence-corrected chi connectivity index (χ2v) is 5.53. The number of hydrogen-bond donors (Lipinski definition) is 0. The lowest BCUT2D eigenvalue weighted by Crippen LogP contribution is -2.40. The molecule has 1 aromatic heterocycles. The maximum atomic E-state index is 13.7. The van der Waals surface area contributed by atoms with Gasteiger partial charge in [0.15, 0.2) is 0 Å². The van der Waals surface area contributed by atoms with Crippen molar-refractivity contribution in [2.75, 3.05) is 0 Å². The lowest BCUT2D eigenvalue weighted by Gasteiger charge is -2.13. The molecule has 1 aromatic carbocycles. The summed E-state index contributed by atoms with van der Waals surface area (Å²) in [6.07, 6.45) is 7.62. The van der Waals surface area contributed by atoms with Crippen LogP contribution in [-0.4, -0.2) is 9.13 Å². The average Bonchev–Trinajstić information content (AvgIpc) is 2.98. The van der Waals surface area contributed by atoms with Crippen molar-refractivity contribution in [3.63, 3.8) is 0 Å². The molecule has 0 bridgehead atoms. The molecule has 5 heteroatoms. The standard InChI is InChI=1S/C16H17FN2O2/c17-13-7-3-4-8-14(13)19-10-9-18(15(20)16(19)21)11-12-5-1-2-6-12/h3-4,7-10,12H,1-2,5-6,11H2. The van der Waals surface area contributed by atoms with Crippen molar-refractivity contribution in [1.82, 2.24) is 9.13 Å². The van der Waals surface area contributed by atoms with Gasteiger partial charge in [-0.25, -0.2) is 4.39 Å². The van der Waals surface area contributed by atoms with Gasteiger partial charge in [-0.2, -0.15) is 0 Å². The Morgan fingerprint density at radius 3 is 2.48 bits per heavy atom. The summed E-state index contributed by atoms with van der Waals surface area (Å²) in [6.45, 7) is 0.576. The lowest BCUT2D eigenvalue weighted by atomic mass is 10.1. The molecule has 1 heterocycles. The zero-order valence-electron chi connectivity index (χ0n) is 11.7. The molecule has 1 aliphatic carbocycles. The highest BCUT2D eigenvalue weighted by Gasteiger charge is 2.17. The molecular formula is C16H17FN2O2. The van der Waals surface area contributed by atoms with Gasteiger partial charge < -0.3 is 4.57 Å². The van der Waals surface area contributed by atoms with Crippen LogP contribution >= 0.6 is 0 Å². The van der Waals surface area contributed by atoms with E-state index in [1.165, 1.54) is 35.7 Å². The van der Waals surface area contributed by atoms with Crippen LogP contribution in [0.15, 0.2) is 46.2 Å². The van der Waals surface area contributed by atoms with Crippen LogP contribution in [0, 0.1) is 11.7 Å². The Balaban J connectivity index is 1.99. The molecular weight excluding hydrogens is 271 g/mol. The summed E-state index contributed by atoms with van der Waals surface area (Å²) in [5.41, 5.74) is -1.19. The monoisotopic (exact) mass is 288 g/mol. The molecule has 0 amide bonds. The quantitative estimate of drug-likeness (QED) is 0.814. The summed E-state index contributed by atoms with van der Waals surface area (Å²) in [4.78, 5) is 24.3. The lowest BCUT2D eigenvalue weighted by molar-refractivity contribution is 0.444. The van der Waals surface area contributed by atoms with Gasteiger partial charge in [-0.15, -0.1) is 0 Å². The second kappa shape index (κ2) is 5.68. The molecule has 0 spiro atoms. The highest BCUT2D eigenvalue weighted by atomic mass is 19.1. The first-order valence-corrected chi connectivity index (χ1v) is 7.24. The van der Waals surface area contributed by atoms with Crippen molar-refractivity contribution >= 4 is 0 Å². The highest BCUT2D eigenvalue weighted by Crippen LogP contribution is 2.25. The van der Waals surface area contributed by atoms with Crippen LogP contribution in [0.4, 0.5) is 4.39 Å². The van der Waals surface area contributed by atoms with Crippen LogP contribution in [0.2, 0.25) is 0 Å². The molecule has 110 valence electrons. The van der Waals surface area contributed by atoms with Gasteiger partial charge >= 0.3 is 11.1 Å². The van der Waals surface area contributed by atoms with E-state index in [9.17, 15) is 14.0 Å². The number of hydrogen-bond acceptors (Lipinski definition) is 2. The molecule has 0 aliphatic heterocycles. The van der Waals surface area contributed by atoms with Crippen molar-refractivity contribution in [3.05, 3.63) is 63.2 Å². The fraction of sp³-hybridized carbons (Fsp3) is 0.375. The molecule has 0 N–H and O–H groups in total. The van der Waals surface area contributed by atoms with Crippen molar-refractivity contribution in [2.45, 2.75) is 32.2 Å². The first-order valence-electron chi connectivity index (χ1n) is 7.24. The molecule has 0 atom stereocenters.